The van der Waals surface area contributed by atoms with Gasteiger partial charge in [0.05, 0.1) is 0 Å². The number of nitrogens with two attached hydrogens (primary N) is 1. The van der Waals surface area contributed by atoms with Crippen molar-refractivity contribution in [2.24, 2.45) is 0 Å². The molecule has 0 saturated carbocycles. The van der Waals surface area contributed by atoms with Gasteiger partial charge in [-0.15, -0.1) is 0 Å². The first kappa shape index (κ1) is 15.0. The van der Waals surface area contributed by atoms with E-state index in [-0.39, 0.29) is 16.4 Å². The van der Waals surface area contributed by atoms with E-state index >= 15 is 0 Å². The van der Waals surface area contributed by atoms with Crippen LogP contribution in [0.3, 0.4) is 0 Å². The highest BCUT2D eigenvalue weighted by Gasteiger charge is 2.16. The van der Waals surface area contributed by atoms with Crippen molar-refractivity contribution in [1.82, 2.24) is 4.98 Å². The lowest BCUT2D eigenvalue weighted by Gasteiger charge is -2.06. The van der Waals surface area contributed by atoms with Crippen LogP contribution in [0.2, 0.25) is 0 Å². The number of halogens is 2. The third-order valence-electron chi connectivity index (χ3n) is 2.41. The van der Waals surface area contributed by atoms with Crippen molar-refractivity contribution in [1.29, 1.82) is 0 Å². The van der Waals surface area contributed by atoms with Crippen LogP contribution >= 0.6 is 11.3 Å². The van der Waals surface area contributed by atoms with Crippen LogP contribution in [0.15, 0.2) is 24.3 Å². The Morgan fingerprint density at radius 2 is 2.05 bits per heavy atom. The molecule has 1 aromatic carbocycles. The molecule has 1 heterocycles. The molecule has 2 aromatic rings. The summed E-state index contributed by atoms with van der Waals surface area (Å²) < 4.78 is 28.2. The van der Waals surface area contributed by atoms with Gasteiger partial charge >= 0.3 is 6.61 Å². The Hall–Kier alpha value is -2.42. The third-order valence-corrected chi connectivity index (χ3v) is 3.50. The molecule has 0 spiro atoms. The molecule has 0 fully saturated rings. The molecular formula is C12H12F2N4O2S. The summed E-state index contributed by atoms with van der Waals surface area (Å²) in [5.41, 5.74) is 6.08. The summed E-state index contributed by atoms with van der Waals surface area (Å²) in [5, 5.41) is 5.92. The molecule has 0 unspecified atom stereocenters. The van der Waals surface area contributed by atoms with Gasteiger partial charge in [0, 0.05) is 12.7 Å². The number of ether oxygens (including phenoxy) is 1. The number of nitrogens with one attached hydrogen (secondary N) is 2. The largest absolute Gasteiger partial charge is 0.435 e. The topological polar surface area (TPSA) is 89.3 Å². The second-order valence-corrected chi connectivity index (χ2v) is 4.84. The van der Waals surface area contributed by atoms with E-state index in [1.807, 2.05) is 0 Å². The van der Waals surface area contributed by atoms with Gasteiger partial charge in [0.25, 0.3) is 5.91 Å². The molecule has 0 bridgehead atoms. The van der Waals surface area contributed by atoms with Gasteiger partial charge in [0.2, 0.25) is 0 Å². The Labute approximate surface area is 122 Å². The maximum Gasteiger partial charge on any atom is 0.387 e. The summed E-state index contributed by atoms with van der Waals surface area (Å²) in [7, 11) is 1.67. The minimum absolute atomic E-state index is 0.0118. The van der Waals surface area contributed by atoms with Crippen LogP contribution in [0.25, 0.3) is 0 Å². The zero-order chi connectivity index (χ0) is 15.4. The van der Waals surface area contributed by atoms with Crippen molar-refractivity contribution in [2.75, 3.05) is 23.4 Å². The van der Waals surface area contributed by atoms with Crippen LogP contribution < -0.4 is 21.1 Å². The molecule has 2 rings (SSSR count). The number of nitrogens with zero attached hydrogens (tertiary/aromatic N) is 1. The first-order chi connectivity index (χ1) is 9.99. The van der Waals surface area contributed by atoms with E-state index in [1.54, 1.807) is 7.05 Å². The molecule has 9 heteroatoms. The summed E-state index contributed by atoms with van der Waals surface area (Å²) in [6.45, 7) is -2.89. The number of anilines is 3. The fourth-order valence-electron chi connectivity index (χ4n) is 1.51. The molecule has 0 atom stereocenters. The van der Waals surface area contributed by atoms with Gasteiger partial charge in [-0.3, -0.25) is 4.79 Å². The smallest absolute Gasteiger partial charge is 0.387 e. The van der Waals surface area contributed by atoms with Crippen LogP contribution in [-0.4, -0.2) is 24.6 Å². The van der Waals surface area contributed by atoms with Crippen molar-refractivity contribution in [3.63, 3.8) is 0 Å². The number of amides is 1. The molecule has 1 amide bonds. The zero-order valence-corrected chi connectivity index (χ0v) is 11.7. The van der Waals surface area contributed by atoms with E-state index in [4.69, 9.17) is 5.73 Å². The summed E-state index contributed by atoms with van der Waals surface area (Å²) in [4.78, 5) is 16.3. The summed E-state index contributed by atoms with van der Waals surface area (Å²) in [5.74, 6) is -0.286. The van der Waals surface area contributed by atoms with Crippen LogP contribution in [0.4, 0.5) is 25.4 Å². The number of aromatic nitrogens is 1. The summed E-state index contributed by atoms with van der Waals surface area (Å²) >= 11 is 1.12. The number of hydrogen-bond acceptors (Lipinski definition) is 6. The second-order valence-electron chi connectivity index (χ2n) is 3.84. The average Bonchev–Trinajstić information content (AvgIpc) is 2.82. The number of thiazole rings is 1. The minimum Gasteiger partial charge on any atom is -0.435 e. The summed E-state index contributed by atoms with van der Waals surface area (Å²) in [6, 6.07) is 5.56. The highest BCUT2D eigenvalue weighted by atomic mass is 32.1. The minimum atomic E-state index is -2.89. The first-order valence-corrected chi connectivity index (χ1v) is 6.61. The Morgan fingerprint density at radius 3 is 2.57 bits per heavy atom. The van der Waals surface area contributed by atoms with E-state index in [9.17, 15) is 13.6 Å². The molecule has 0 saturated heterocycles. The van der Waals surface area contributed by atoms with Gasteiger partial charge in [-0.2, -0.15) is 8.78 Å². The van der Waals surface area contributed by atoms with E-state index in [2.05, 4.69) is 20.4 Å². The Bertz CT molecular complexity index is 631. The monoisotopic (exact) mass is 314 g/mol. The lowest BCUT2D eigenvalue weighted by Crippen LogP contribution is -2.12. The van der Waals surface area contributed by atoms with Crippen molar-refractivity contribution in [3.05, 3.63) is 29.1 Å². The van der Waals surface area contributed by atoms with Gasteiger partial charge in [0.15, 0.2) is 5.13 Å². The molecular weight excluding hydrogens is 302 g/mol. The lowest BCUT2D eigenvalue weighted by atomic mass is 10.3. The molecule has 0 aliphatic rings. The third kappa shape index (κ3) is 3.78. The van der Waals surface area contributed by atoms with Gasteiger partial charge in [-0.25, -0.2) is 4.98 Å². The molecule has 21 heavy (non-hydrogen) atoms. The lowest BCUT2D eigenvalue weighted by molar-refractivity contribution is -0.0498. The van der Waals surface area contributed by atoms with E-state index in [0.29, 0.717) is 10.8 Å². The quantitative estimate of drug-likeness (QED) is 0.789. The fraction of sp³-hybridized carbons (Fsp3) is 0.167. The number of carbonyl (C=O) groups excluding carboxylic acids is 1. The maximum absolute atomic E-state index is 12.0. The molecule has 4 N–H and O–H groups in total. The van der Waals surface area contributed by atoms with Crippen molar-refractivity contribution in [3.8, 4) is 5.75 Å². The Balaban J connectivity index is 2.06. The Morgan fingerprint density at radius 1 is 1.38 bits per heavy atom. The number of nitrogen functional groups attached to an aromatic ring is 1. The molecule has 0 aliphatic heterocycles. The predicted molar refractivity (Wildman–Crippen MR) is 77.1 cm³/mol. The van der Waals surface area contributed by atoms with E-state index < -0.39 is 12.5 Å². The van der Waals surface area contributed by atoms with Crippen LogP contribution in [0, 0.1) is 0 Å². The fourth-order valence-corrected chi connectivity index (χ4v) is 2.24. The molecule has 0 aliphatic carbocycles. The standard InChI is InChI=1S/C12H12F2N4O2S/c1-16-12-18-9(15)8(21-12)10(19)17-6-2-4-7(5-3-6)20-11(13)14/h2-5,11H,15H2,1H3,(H,16,18)(H,17,19). The number of hydrogen-bond donors (Lipinski definition) is 3. The van der Waals surface area contributed by atoms with Crippen molar-refractivity contribution in [2.45, 2.75) is 6.61 Å². The highest BCUT2D eigenvalue weighted by molar-refractivity contribution is 7.18. The SMILES string of the molecule is CNc1nc(N)c(C(=O)Nc2ccc(OC(F)F)cc2)s1. The van der Waals surface area contributed by atoms with Gasteiger partial charge in [-0.05, 0) is 24.3 Å². The Kier molecular flexibility index (Phi) is 4.53. The van der Waals surface area contributed by atoms with Gasteiger partial charge < -0.3 is 21.1 Å². The molecule has 6 nitrogen and oxygen atoms in total. The zero-order valence-electron chi connectivity index (χ0n) is 10.9. The van der Waals surface area contributed by atoms with Gasteiger partial charge in [-0.1, -0.05) is 11.3 Å². The first-order valence-electron chi connectivity index (χ1n) is 5.80. The van der Waals surface area contributed by atoms with Crippen molar-refractivity contribution >= 4 is 33.9 Å². The number of benzene rings is 1. The number of rotatable bonds is 5. The van der Waals surface area contributed by atoms with E-state index in [0.717, 1.165) is 11.3 Å². The van der Waals surface area contributed by atoms with Crippen LogP contribution in [0.1, 0.15) is 9.67 Å². The van der Waals surface area contributed by atoms with Crippen molar-refractivity contribution < 1.29 is 18.3 Å². The maximum atomic E-state index is 12.0. The number of alkyl halides is 2. The normalized spacial score (nSPS) is 10.5. The summed E-state index contributed by atoms with van der Waals surface area (Å²) in [6.07, 6.45) is 0. The highest BCUT2D eigenvalue weighted by Crippen LogP contribution is 2.26. The van der Waals surface area contributed by atoms with E-state index in [1.165, 1.54) is 24.3 Å². The van der Waals surface area contributed by atoms with Crippen LogP contribution in [0.5, 0.6) is 5.75 Å². The molecule has 0 radical (unpaired) electrons. The second kappa shape index (κ2) is 6.35. The van der Waals surface area contributed by atoms with Crippen LogP contribution in [-0.2, 0) is 0 Å². The van der Waals surface area contributed by atoms with Gasteiger partial charge in [0.1, 0.15) is 16.4 Å². The predicted octanol–water partition coefficient (Wildman–Crippen LogP) is 2.62. The molecule has 112 valence electrons. The molecule has 1 aromatic heterocycles. The number of carbonyl (C=O) groups is 1. The average molecular weight is 314 g/mol.